The average molecular weight is 325 g/mol. The second kappa shape index (κ2) is 8.88. The quantitative estimate of drug-likeness (QED) is 0.494. The lowest BCUT2D eigenvalue weighted by Crippen LogP contribution is -2.25. The molecule has 24 heavy (non-hydrogen) atoms. The summed E-state index contributed by atoms with van der Waals surface area (Å²) in [5.74, 6) is 3.87. The highest BCUT2D eigenvalue weighted by atomic mass is 14.4. The molecule has 2 aliphatic carbocycles. The molecular weight excluding hydrogens is 288 g/mol. The lowest BCUT2D eigenvalue weighted by molar-refractivity contribution is 0.160. The van der Waals surface area contributed by atoms with E-state index in [-0.39, 0.29) is 0 Å². The van der Waals surface area contributed by atoms with Crippen LogP contribution in [0.5, 0.6) is 0 Å². The second-order valence-electron chi connectivity index (χ2n) is 8.42. The van der Waals surface area contributed by atoms with Gasteiger partial charge in [0.05, 0.1) is 0 Å². The highest BCUT2D eigenvalue weighted by Gasteiger charge is 2.30. The van der Waals surface area contributed by atoms with Crippen LogP contribution >= 0.6 is 0 Å². The highest BCUT2D eigenvalue weighted by molar-refractivity contribution is 5.24. The molecule has 0 aromatic heterocycles. The molecule has 1 aromatic rings. The maximum absolute atomic E-state index is 2.43. The molecular formula is C24H36. The third-order valence-electron chi connectivity index (χ3n) is 6.75. The van der Waals surface area contributed by atoms with Gasteiger partial charge in [0.1, 0.15) is 0 Å². The highest BCUT2D eigenvalue weighted by Crippen LogP contribution is 2.44. The summed E-state index contributed by atoms with van der Waals surface area (Å²) in [4.78, 5) is 0. The third kappa shape index (κ3) is 4.74. The Kier molecular flexibility index (Phi) is 6.58. The van der Waals surface area contributed by atoms with Crippen molar-refractivity contribution < 1.29 is 0 Å². The minimum atomic E-state index is 0.831. The number of hydrogen-bond donors (Lipinski definition) is 0. The summed E-state index contributed by atoms with van der Waals surface area (Å²) in [5.41, 5.74) is 2.98. The van der Waals surface area contributed by atoms with E-state index in [1.54, 1.807) is 5.56 Å². The van der Waals surface area contributed by atoms with Crippen LogP contribution < -0.4 is 0 Å². The van der Waals surface area contributed by atoms with Gasteiger partial charge in [-0.2, -0.15) is 0 Å². The Labute approximate surface area is 149 Å². The van der Waals surface area contributed by atoms with Crippen LogP contribution in [0.3, 0.4) is 0 Å². The molecule has 0 atom stereocenters. The molecule has 0 saturated heterocycles. The Morgan fingerprint density at radius 1 is 0.792 bits per heavy atom. The van der Waals surface area contributed by atoms with Gasteiger partial charge in [0.15, 0.2) is 0 Å². The summed E-state index contributed by atoms with van der Waals surface area (Å²) in [5, 5.41) is 0. The number of aryl methyl sites for hydroxylation is 1. The fraction of sp³-hybridized carbons (Fsp3) is 0.667. The summed E-state index contributed by atoms with van der Waals surface area (Å²) in [7, 11) is 0. The molecule has 2 fully saturated rings. The SMILES string of the molecule is CCC=CCC1CCC(C2CCC(c3ccc(C)cc3)CC2)CC1. The molecule has 132 valence electrons. The lowest BCUT2D eigenvalue weighted by Gasteiger charge is -2.38. The van der Waals surface area contributed by atoms with E-state index in [2.05, 4.69) is 50.3 Å². The van der Waals surface area contributed by atoms with Crippen molar-refractivity contribution in [3.63, 3.8) is 0 Å². The van der Waals surface area contributed by atoms with E-state index < -0.39 is 0 Å². The van der Waals surface area contributed by atoms with Crippen LogP contribution in [0, 0.1) is 24.7 Å². The molecule has 0 aliphatic heterocycles. The zero-order valence-corrected chi connectivity index (χ0v) is 15.8. The molecule has 3 rings (SSSR count). The van der Waals surface area contributed by atoms with Crippen molar-refractivity contribution in [2.24, 2.45) is 17.8 Å². The van der Waals surface area contributed by atoms with Crippen LogP contribution in [0.1, 0.15) is 88.2 Å². The van der Waals surface area contributed by atoms with E-state index in [0.717, 1.165) is 23.7 Å². The van der Waals surface area contributed by atoms with Gasteiger partial charge in [-0.3, -0.25) is 0 Å². The molecule has 0 nitrogen and oxygen atoms in total. The van der Waals surface area contributed by atoms with Crippen molar-refractivity contribution in [1.82, 2.24) is 0 Å². The van der Waals surface area contributed by atoms with Crippen molar-refractivity contribution >= 4 is 0 Å². The minimum Gasteiger partial charge on any atom is -0.0888 e. The number of benzene rings is 1. The average Bonchev–Trinajstić information content (AvgIpc) is 2.63. The normalized spacial score (nSPS) is 31.4. The zero-order valence-electron chi connectivity index (χ0n) is 15.8. The van der Waals surface area contributed by atoms with Crippen molar-refractivity contribution in [1.29, 1.82) is 0 Å². The van der Waals surface area contributed by atoms with Gasteiger partial charge in [0.25, 0.3) is 0 Å². The van der Waals surface area contributed by atoms with Gasteiger partial charge in [-0.05, 0) is 100 Å². The van der Waals surface area contributed by atoms with E-state index in [1.165, 1.54) is 69.8 Å². The van der Waals surface area contributed by atoms with Gasteiger partial charge < -0.3 is 0 Å². The van der Waals surface area contributed by atoms with E-state index in [0.29, 0.717) is 0 Å². The fourth-order valence-corrected chi connectivity index (χ4v) is 5.11. The maximum Gasteiger partial charge on any atom is -0.0162 e. The first-order valence-electron chi connectivity index (χ1n) is 10.5. The van der Waals surface area contributed by atoms with Crippen LogP contribution in [-0.2, 0) is 0 Å². The Morgan fingerprint density at radius 2 is 1.38 bits per heavy atom. The van der Waals surface area contributed by atoms with E-state index in [9.17, 15) is 0 Å². The van der Waals surface area contributed by atoms with Crippen LogP contribution in [0.25, 0.3) is 0 Å². The van der Waals surface area contributed by atoms with Crippen LogP contribution in [-0.4, -0.2) is 0 Å². The lowest BCUT2D eigenvalue weighted by atomic mass is 9.68. The maximum atomic E-state index is 2.43. The number of rotatable bonds is 5. The summed E-state index contributed by atoms with van der Waals surface area (Å²) < 4.78 is 0. The Morgan fingerprint density at radius 3 is 1.96 bits per heavy atom. The van der Waals surface area contributed by atoms with E-state index >= 15 is 0 Å². The number of hydrogen-bond acceptors (Lipinski definition) is 0. The smallest absolute Gasteiger partial charge is 0.0162 e. The summed E-state index contributed by atoms with van der Waals surface area (Å²) in [6.07, 6.45) is 19.1. The Balaban J connectivity index is 1.42. The molecule has 0 bridgehead atoms. The number of allylic oxidation sites excluding steroid dienone is 2. The summed E-state index contributed by atoms with van der Waals surface area (Å²) >= 11 is 0. The Hall–Kier alpha value is -1.04. The van der Waals surface area contributed by atoms with Crippen molar-refractivity contribution in [2.45, 2.75) is 84.0 Å². The van der Waals surface area contributed by atoms with Crippen LogP contribution in [0.15, 0.2) is 36.4 Å². The van der Waals surface area contributed by atoms with Gasteiger partial charge in [-0.15, -0.1) is 0 Å². The first kappa shape index (κ1) is 17.8. The largest absolute Gasteiger partial charge is 0.0888 e. The first-order chi connectivity index (χ1) is 11.8. The molecule has 0 amide bonds. The second-order valence-corrected chi connectivity index (χ2v) is 8.42. The first-order valence-corrected chi connectivity index (χ1v) is 10.5. The molecule has 2 saturated carbocycles. The van der Waals surface area contributed by atoms with Gasteiger partial charge in [-0.1, -0.05) is 48.9 Å². The Bertz CT molecular complexity index is 493. The minimum absolute atomic E-state index is 0.831. The fourth-order valence-electron chi connectivity index (χ4n) is 5.11. The molecule has 0 unspecified atom stereocenters. The van der Waals surface area contributed by atoms with Gasteiger partial charge in [0, 0.05) is 0 Å². The van der Waals surface area contributed by atoms with Crippen LogP contribution in [0.2, 0.25) is 0 Å². The summed E-state index contributed by atoms with van der Waals surface area (Å²) in [6.45, 7) is 4.43. The molecule has 0 radical (unpaired) electrons. The molecule has 2 aliphatic rings. The third-order valence-corrected chi connectivity index (χ3v) is 6.75. The van der Waals surface area contributed by atoms with Crippen molar-refractivity contribution in [3.8, 4) is 0 Å². The van der Waals surface area contributed by atoms with Gasteiger partial charge in [0.2, 0.25) is 0 Å². The van der Waals surface area contributed by atoms with Gasteiger partial charge in [-0.25, -0.2) is 0 Å². The van der Waals surface area contributed by atoms with E-state index in [1.807, 2.05) is 0 Å². The standard InChI is InChI=1S/C24H36/c1-3-4-5-6-20-9-13-22(14-10-20)24-17-15-23(16-18-24)21-11-7-19(2)8-12-21/h4-5,7-8,11-12,20,22-24H,3,6,9-10,13-18H2,1-2H3. The predicted octanol–water partition coefficient (Wildman–Crippen LogP) is 7.43. The topological polar surface area (TPSA) is 0 Å². The molecule has 0 spiro atoms. The monoisotopic (exact) mass is 324 g/mol. The molecule has 0 heterocycles. The molecule has 0 N–H and O–H groups in total. The van der Waals surface area contributed by atoms with Crippen molar-refractivity contribution in [2.75, 3.05) is 0 Å². The predicted molar refractivity (Wildman–Crippen MR) is 105 cm³/mol. The zero-order chi connectivity index (χ0) is 16.8. The van der Waals surface area contributed by atoms with Gasteiger partial charge >= 0.3 is 0 Å². The summed E-state index contributed by atoms with van der Waals surface area (Å²) in [6, 6.07) is 9.32. The molecule has 1 aromatic carbocycles. The molecule has 0 heteroatoms. The van der Waals surface area contributed by atoms with Crippen LogP contribution in [0.4, 0.5) is 0 Å². The van der Waals surface area contributed by atoms with E-state index in [4.69, 9.17) is 0 Å². The van der Waals surface area contributed by atoms with Crippen molar-refractivity contribution in [3.05, 3.63) is 47.5 Å².